The molecule has 2 saturated heterocycles. The van der Waals surface area contributed by atoms with Gasteiger partial charge in [-0.15, -0.1) is 6.42 Å². The summed E-state index contributed by atoms with van der Waals surface area (Å²) in [6, 6.07) is 15.3. The number of aryl methyl sites for hydroxylation is 1. The summed E-state index contributed by atoms with van der Waals surface area (Å²) in [5, 5.41) is 2.98. The van der Waals surface area contributed by atoms with Crippen molar-refractivity contribution in [3.8, 4) is 12.3 Å². The van der Waals surface area contributed by atoms with E-state index in [4.69, 9.17) is 11.2 Å². The largest absolute Gasteiger partial charge is 0.365 e. The summed E-state index contributed by atoms with van der Waals surface area (Å²) in [7, 11) is 0. The Bertz CT molecular complexity index is 1460. The molecule has 6 rings (SSSR count). The number of nitrogens with zero attached hydrogens (tertiary/aromatic N) is 3. The number of amides is 2. The second kappa shape index (κ2) is 10.2. The number of nitrogens with one attached hydrogen (secondary N) is 1. The minimum absolute atomic E-state index is 0.0436. The van der Waals surface area contributed by atoms with Crippen molar-refractivity contribution in [2.45, 2.75) is 44.8 Å². The van der Waals surface area contributed by atoms with Crippen molar-refractivity contribution in [3.63, 3.8) is 0 Å². The fourth-order valence-corrected chi connectivity index (χ4v) is 5.95. The topological polar surface area (TPSA) is 74.8 Å². The maximum Gasteiger partial charge on any atom is 0.257 e. The van der Waals surface area contributed by atoms with E-state index in [1.807, 2.05) is 42.2 Å². The summed E-state index contributed by atoms with van der Waals surface area (Å²) in [4.78, 5) is 35.0. The molecule has 1 aromatic heterocycles. The molecular formula is C32H32N4O3. The molecule has 0 atom stereocenters. The summed E-state index contributed by atoms with van der Waals surface area (Å²) in [5.41, 5.74) is 5.40. The van der Waals surface area contributed by atoms with Crippen LogP contribution < -0.4 is 10.2 Å². The highest BCUT2D eigenvalue weighted by Gasteiger charge is 2.43. The van der Waals surface area contributed by atoms with Gasteiger partial charge < -0.3 is 19.9 Å². The van der Waals surface area contributed by atoms with E-state index in [-0.39, 0.29) is 17.4 Å². The molecule has 3 aliphatic heterocycles. The average Bonchev–Trinajstić information content (AvgIpc) is 3.63. The first-order valence-electron chi connectivity index (χ1n) is 13.6. The van der Waals surface area contributed by atoms with Crippen LogP contribution in [0.15, 0.2) is 54.7 Å². The van der Waals surface area contributed by atoms with Crippen molar-refractivity contribution in [3.05, 3.63) is 88.1 Å². The highest BCUT2D eigenvalue weighted by atomic mass is 16.5. The van der Waals surface area contributed by atoms with Gasteiger partial charge in [-0.2, -0.15) is 0 Å². The Balaban J connectivity index is 1.12. The van der Waals surface area contributed by atoms with E-state index in [0.29, 0.717) is 36.5 Å². The molecule has 39 heavy (non-hydrogen) atoms. The lowest BCUT2D eigenvalue weighted by atomic mass is 9.83. The molecule has 0 bridgehead atoms. The number of piperidine rings is 1. The van der Waals surface area contributed by atoms with E-state index in [1.54, 1.807) is 18.3 Å². The second-order valence-electron chi connectivity index (χ2n) is 10.7. The van der Waals surface area contributed by atoms with E-state index in [0.717, 1.165) is 48.4 Å². The molecule has 7 nitrogen and oxygen atoms in total. The number of aromatic nitrogens is 1. The summed E-state index contributed by atoms with van der Waals surface area (Å²) >= 11 is 0. The average molecular weight is 521 g/mol. The van der Waals surface area contributed by atoms with Crippen LogP contribution in [0.25, 0.3) is 0 Å². The van der Waals surface area contributed by atoms with Gasteiger partial charge in [0.25, 0.3) is 11.8 Å². The zero-order valence-electron chi connectivity index (χ0n) is 22.2. The van der Waals surface area contributed by atoms with Crippen LogP contribution in [-0.4, -0.2) is 47.9 Å². The molecule has 3 aliphatic rings. The first-order valence-corrected chi connectivity index (χ1v) is 13.6. The van der Waals surface area contributed by atoms with Gasteiger partial charge in [-0.3, -0.25) is 9.59 Å². The molecule has 0 radical (unpaired) electrons. The van der Waals surface area contributed by atoms with Gasteiger partial charge >= 0.3 is 0 Å². The van der Waals surface area contributed by atoms with Crippen molar-refractivity contribution in [1.82, 2.24) is 9.88 Å². The fourth-order valence-electron chi connectivity index (χ4n) is 5.95. The highest BCUT2D eigenvalue weighted by Crippen LogP contribution is 2.44. The normalized spacial score (nSPS) is 17.6. The highest BCUT2D eigenvalue weighted by molar-refractivity contribution is 6.05. The Morgan fingerprint density at radius 2 is 1.77 bits per heavy atom. The predicted octanol–water partition coefficient (Wildman–Crippen LogP) is 4.89. The lowest BCUT2D eigenvalue weighted by Gasteiger charge is -2.39. The van der Waals surface area contributed by atoms with Crippen LogP contribution in [-0.2, 0) is 16.9 Å². The maximum atomic E-state index is 13.5. The maximum absolute atomic E-state index is 13.5. The predicted molar refractivity (Wildman–Crippen MR) is 151 cm³/mol. The van der Waals surface area contributed by atoms with Crippen LogP contribution >= 0.6 is 0 Å². The first kappa shape index (κ1) is 25.1. The molecule has 0 unspecified atom stereocenters. The molecule has 1 spiro atoms. The number of pyridine rings is 1. The lowest BCUT2D eigenvalue weighted by Crippen LogP contribution is -2.45. The Hall–Kier alpha value is -4.15. The van der Waals surface area contributed by atoms with Gasteiger partial charge in [0.1, 0.15) is 5.82 Å². The molecule has 4 heterocycles. The van der Waals surface area contributed by atoms with Crippen molar-refractivity contribution >= 4 is 23.3 Å². The Morgan fingerprint density at radius 1 is 1.00 bits per heavy atom. The van der Waals surface area contributed by atoms with Crippen LogP contribution in [0, 0.1) is 19.3 Å². The molecule has 2 aromatic carbocycles. The van der Waals surface area contributed by atoms with Gasteiger partial charge in [-0.1, -0.05) is 18.1 Å². The number of hydrogen-bond donors (Lipinski definition) is 1. The summed E-state index contributed by atoms with van der Waals surface area (Å²) < 4.78 is 6.28. The number of terminal acetylenes is 1. The summed E-state index contributed by atoms with van der Waals surface area (Å²) in [6.45, 7) is 5.67. The summed E-state index contributed by atoms with van der Waals surface area (Å²) in [6.07, 6.45) is 11.0. The monoisotopic (exact) mass is 520 g/mol. The van der Waals surface area contributed by atoms with Gasteiger partial charge in [0.15, 0.2) is 0 Å². The van der Waals surface area contributed by atoms with Crippen LogP contribution in [0.5, 0.6) is 0 Å². The van der Waals surface area contributed by atoms with Gasteiger partial charge in [0.05, 0.1) is 17.8 Å². The number of rotatable bonds is 4. The molecular weight excluding hydrogens is 488 g/mol. The van der Waals surface area contributed by atoms with Gasteiger partial charge in [0.2, 0.25) is 0 Å². The quantitative estimate of drug-likeness (QED) is 0.496. The number of hydrogen-bond acceptors (Lipinski definition) is 5. The van der Waals surface area contributed by atoms with Gasteiger partial charge in [0, 0.05) is 49.2 Å². The third-order valence-electron chi connectivity index (χ3n) is 8.30. The van der Waals surface area contributed by atoms with E-state index in [2.05, 4.69) is 27.2 Å². The number of carbonyl (C=O) groups excluding carboxylic acids is 2. The first-order chi connectivity index (χ1) is 19.0. The fraction of sp³-hybridized carbons (Fsp3) is 0.344. The SMILES string of the molecule is C#Cc1ccc2c(c1)COC21CCN(C(=O)c2ccc(C)c(NC(=O)c3ccc(N4CCCC4)nc3)c2)CC1. The lowest BCUT2D eigenvalue weighted by molar-refractivity contribution is -0.0741. The molecule has 1 N–H and O–H groups in total. The van der Waals surface area contributed by atoms with Crippen LogP contribution in [0.4, 0.5) is 11.5 Å². The second-order valence-corrected chi connectivity index (χ2v) is 10.7. The van der Waals surface area contributed by atoms with Gasteiger partial charge in [-0.25, -0.2) is 4.98 Å². The number of carbonyl (C=O) groups is 2. The molecule has 0 aliphatic carbocycles. The van der Waals surface area contributed by atoms with E-state index < -0.39 is 0 Å². The van der Waals surface area contributed by atoms with Gasteiger partial charge in [-0.05, 0) is 85.7 Å². The Morgan fingerprint density at radius 3 is 2.49 bits per heavy atom. The number of fused-ring (bicyclic) bond motifs is 2. The van der Waals surface area contributed by atoms with Crippen molar-refractivity contribution < 1.29 is 14.3 Å². The Labute approximate surface area is 229 Å². The van der Waals surface area contributed by atoms with Crippen LogP contribution in [0.2, 0.25) is 0 Å². The molecule has 2 fully saturated rings. The zero-order chi connectivity index (χ0) is 27.0. The van der Waals surface area contributed by atoms with Crippen molar-refractivity contribution in [1.29, 1.82) is 0 Å². The van der Waals surface area contributed by atoms with Crippen LogP contribution in [0.1, 0.15) is 68.7 Å². The molecule has 198 valence electrons. The molecule has 2 amide bonds. The van der Waals surface area contributed by atoms with Crippen molar-refractivity contribution in [2.75, 3.05) is 36.4 Å². The van der Waals surface area contributed by atoms with E-state index in [9.17, 15) is 9.59 Å². The third kappa shape index (κ3) is 4.77. The third-order valence-corrected chi connectivity index (χ3v) is 8.30. The Kier molecular flexibility index (Phi) is 6.58. The number of anilines is 2. The minimum atomic E-state index is -0.357. The van der Waals surface area contributed by atoms with Crippen LogP contribution in [0.3, 0.4) is 0 Å². The minimum Gasteiger partial charge on any atom is -0.365 e. The smallest absolute Gasteiger partial charge is 0.257 e. The number of benzene rings is 2. The van der Waals surface area contributed by atoms with Crippen molar-refractivity contribution in [2.24, 2.45) is 0 Å². The van der Waals surface area contributed by atoms with E-state index in [1.165, 1.54) is 18.4 Å². The molecule has 3 aromatic rings. The summed E-state index contributed by atoms with van der Waals surface area (Å²) in [5.74, 6) is 3.31. The van der Waals surface area contributed by atoms with E-state index >= 15 is 0 Å². The zero-order valence-corrected chi connectivity index (χ0v) is 22.2. The standard InChI is InChI=1S/C32H32N4O3/c1-3-23-7-10-27-26(18-23)21-39-32(27)12-16-36(17-13-32)31(38)24-8-6-22(2)28(19-24)34-30(37)25-9-11-29(33-20-25)35-14-4-5-15-35/h1,6-11,18-20H,4-5,12-17,21H2,2H3,(H,34,37). The molecule has 0 saturated carbocycles. The number of likely N-dealkylation sites (tertiary alicyclic amines) is 1. The molecule has 7 heteroatoms. The number of ether oxygens (including phenoxy) is 1.